The molecule has 1 heterocycles. The molecule has 2 aliphatic rings. The largest absolute Gasteiger partial charge is 0.324 e. The minimum absolute atomic E-state index is 0.210. The average molecular weight is 360 g/mol. The van der Waals surface area contributed by atoms with Crippen LogP contribution in [0.3, 0.4) is 0 Å². The lowest BCUT2D eigenvalue weighted by Gasteiger charge is -2.30. The van der Waals surface area contributed by atoms with Crippen LogP contribution < -0.4 is 5.32 Å². The number of carbonyl (C=O) groups is 3. The third-order valence-corrected chi connectivity index (χ3v) is 5.29. The SMILES string of the molecule is N#Cc1ccc(NC(=O)CN2C(=O)CC3(CCCCC3)C2=O)cc1Cl. The molecule has 2 fully saturated rings. The predicted molar refractivity (Wildman–Crippen MR) is 91.7 cm³/mol. The van der Waals surface area contributed by atoms with Crippen LogP contribution in [-0.4, -0.2) is 29.2 Å². The van der Waals surface area contributed by atoms with Crippen molar-refractivity contribution in [3.8, 4) is 6.07 Å². The molecule has 1 spiro atoms. The highest BCUT2D eigenvalue weighted by molar-refractivity contribution is 6.32. The maximum Gasteiger partial charge on any atom is 0.244 e. The van der Waals surface area contributed by atoms with Gasteiger partial charge in [0.25, 0.3) is 0 Å². The lowest BCUT2D eigenvalue weighted by Crippen LogP contribution is -2.41. The van der Waals surface area contributed by atoms with E-state index in [1.165, 1.54) is 12.1 Å². The molecule has 0 aromatic heterocycles. The molecule has 130 valence electrons. The second kappa shape index (κ2) is 6.85. The number of imide groups is 1. The summed E-state index contributed by atoms with van der Waals surface area (Å²) in [7, 11) is 0. The van der Waals surface area contributed by atoms with Gasteiger partial charge in [-0.1, -0.05) is 30.9 Å². The van der Waals surface area contributed by atoms with E-state index in [0.717, 1.165) is 37.0 Å². The normalized spacial score (nSPS) is 19.1. The minimum atomic E-state index is -0.590. The molecule has 3 amide bonds. The first-order valence-electron chi connectivity index (χ1n) is 8.29. The van der Waals surface area contributed by atoms with Gasteiger partial charge in [-0.3, -0.25) is 19.3 Å². The summed E-state index contributed by atoms with van der Waals surface area (Å²) in [5.41, 5.74) is 0.136. The van der Waals surface area contributed by atoms with Crippen LogP contribution in [0.2, 0.25) is 5.02 Å². The zero-order chi connectivity index (χ0) is 18.0. The van der Waals surface area contributed by atoms with Crippen molar-refractivity contribution in [2.24, 2.45) is 5.41 Å². The zero-order valence-electron chi connectivity index (χ0n) is 13.7. The van der Waals surface area contributed by atoms with E-state index >= 15 is 0 Å². The van der Waals surface area contributed by atoms with Gasteiger partial charge in [0.2, 0.25) is 17.7 Å². The van der Waals surface area contributed by atoms with Gasteiger partial charge >= 0.3 is 0 Å². The van der Waals surface area contributed by atoms with Crippen molar-refractivity contribution < 1.29 is 14.4 Å². The Morgan fingerprint density at radius 2 is 2.00 bits per heavy atom. The number of nitrogens with one attached hydrogen (secondary N) is 1. The fraction of sp³-hybridized carbons (Fsp3) is 0.444. The van der Waals surface area contributed by atoms with Gasteiger partial charge in [-0.15, -0.1) is 0 Å². The number of nitrogens with zero attached hydrogens (tertiary/aromatic N) is 2. The van der Waals surface area contributed by atoms with E-state index in [1.807, 2.05) is 6.07 Å². The van der Waals surface area contributed by atoms with E-state index in [1.54, 1.807) is 6.07 Å². The van der Waals surface area contributed by atoms with Crippen molar-refractivity contribution in [3.05, 3.63) is 28.8 Å². The minimum Gasteiger partial charge on any atom is -0.324 e. The van der Waals surface area contributed by atoms with Crippen molar-refractivity contribution >= 4 is 35.0 Å². The van der Waals surface area contributed by atoms with Gasteiger partial charge in [0.15, 0.2) is 0 Å². The van der Waals surface area contributed by atoms with E-state index < -0.39 is 11.3 Å². The number of likely N-dealkylation sites (tertiary alicyclic amines) is 1. The number of rotatable bonds is 3. The highest BCUT2D eigenvalue weighted by atomic mass is 35.5. The van der Waals surface area contributed by atoms with Crippen LogP contribution in [0.1, 0.15) is 44.1 Å². The lowest BCUT2D eigenvalue weighted by atomic mass is 9.73. The monoisotopic (exact) mass is 359 g/mol. The Kier molecular flexibility index (Phi) is 4.78. The summed E-state index contributed by atoms with van der Waals surface area (Å²) >= 11 is 5.93. The number of nitriles is 1. The molecule has 1 aromatic rings. The molecule has 0 radical (unpaired) electrons. The molecule has 7 heteroatoms. The first-order valence-corrected chi connectivity index (χ1v) is 8.67. The van der Waals surface area contributed by atoms with Crippen LogP contribution in [0, 0.1) is 16.7 Å². The Morgan fingerprint density at radius 1 is 1.28 bits per heavy atom. The molecule has 0 unspecified atom stereocenters. The zero-order valence-corrected chi connectivity index (χ0v) is 14.4. The number of hydrogen-bond acceptors (Lipinski definition) is 4. The van der Waals surface area contributed by atoms with Gasteiger partial charge in [-0.25, -0.2) is 0 Å². The predicted octanol–water partition coefficient (Wildman–Crippen LogP) is 2.86. The summed E-state index contributed by atoms with van der Waals surface area (Å²) in [5.74, 6) is -0.958. The number of hydrogen-bond donors (Lipinski definition) is 1. The van der Waals surface area contributed by atoms with E-state index in [0.29, 0.717) is 11.3 Å². The average Bonchev–Trinajstić information content (AvgIpc) is 2.80. The molecule has 1 saturated carbocycles. The molecule has 3 rings (SSSR count). The van der Waals surface area contributed by atoms with Crippen molar-refractivity contribution in [2.75, 3.05) is 11.9 Å². The highest BCUT2D eigenvalue weighted by Crippen LogP contribution is 2.45. The topological polar surface area (TPSA) is 90.3 Å². The maximum atomic E-state index is 12.7. The Labute approximate surface area is 150 Å². The Hall–Kier alpha value is -2.39. The first kappa shape index (κ1) is 17.4. The third kappa shape index (κ3) is 3.38. The van der Waals surface area contributed by atoms with Gasteiger partial charge < -0.3 is 5.32 Å². The van der Waals surface area contributed by atoms with Gasteiger partial charge in [-0.05, 0) is 31.0 Å². The lowest BCUT2D eigenvalue weighted by molar-refractivity contribution is -0.144. The van der Waals surface area contributed by atoms with Crippen LogP contribution in [0.4, 0.5) is 5.69 Å². The Morgan fingerprint density at radius 3 is 2.64 bits per heavy atom. The van der Waals surface area contributed by atoms with E-state index in [4.69, 9.17) is 16.9 Å². The van der Waals surface area contributed by atoms with Crippen LogP contribution in [0.25, 0.3) is 0 Å². The molecule has 1 saturated heterocycles. The standard InChI is InChI=1S/C18H18ClN3O3/c19-14-8-13(5-4-12(14)10-20)21-15(23)11-22-16(24)9-18(17(22)25)6-2-1-3-7-18/h4-5,8H,1-3,6-7,9,11H2,(H,21,23). The number of anilines is 1. The molecule has 0 bridgehead atoms. The molecule has 1 N–H and O–H groups in total. The number of benzene rings is 1. The van der Waals surface area contributed by atoms with Crippen LogP contribution >= 0.6 is 11.6 Å². The summed E-state index contributed by atoms with van der Waals surface area (Å²) in [6.07, 6.45) is 4.64. The van der Waals surface area contributed by atoms with E-state index in [9.17, 15) is 14.4 Å². The molecule has 0 atom stereocenters. The summed E-state index contributed by atoms with van der Waals surface area (Å²) in [5, 5.41) is 11.7. The maximum absolute atomic E-state index is 12.7. The second-order valence-electron chi connectivity index (χ2n) is 6.66. The summed E-state index contributed by atoms with van der Waals surface area (Å²) in [4.78, 5) is 38.2. The van der Waals surface area contributed by atoms with Crippen LogP contribution in [-0.2, 0) is 14.4 Å². The molecule has 25 heavy (non-hydrogen) atoms. The van der Waals surface area contributed by atoms with E-state index in [2.05, 4.69) is 5.32 Å². The Bertz CT molecular complexity index is 778. The van der Waals surface area contributed by atoms with Crippen molar-refractivity contribution in [3.63, 3.8) is 0 Å². The van der Waals surface area contributed by atoms with Crippen molar-refractivity contribution in [1.29, 1.82) is 5.26 Å². The highest BCUT2D eigenvalue weighted by Gasteiger charge is 2.51. The molecule has 6 nitrogen and oxygen atoms in total. The summed E-state index contributed by atoms with van der Waals surface area (Å²) in [6, 6.07) is 6.46. The first-order chi connectivity index (χ1) is 11.9. The van der Waals surface area contributed by atoms with Gasteiger partial charge in [0.1, 0.15) is 12.6 Å². The van der Waals surface area contributed by atoms with Crippen molar-refractivity contribution in [1.82, 2.24) is 4.90 Å². The third-order valence-electron chi connectivity index (χ3n) is 4.98. The van der Waals surface area contributed by atoms with Crippen molar-refractivity contribution in [2.45, 2.75) is 38.5 Å². The molecular weight excluding hydrogens is 342 g/mol. The molecule has 1 aromatic carbocycles. The second-order valence-corrected chi connectivity index (χ2v) is 7.06. The summed E-state index contributed by atoms with van der Waals surface area (Å²) in [6.45, 7) is -0.295. The number of carbonyl (C=O) groups excluding carboxylic acids is 3. The van der Waals surface area contributed by atoms with Crippen LogP contribution in [0.15, 0.2) is 18.2 Å². The summed E-state index contributed by atoms with van der Waals surface area (Å²) < 4.78 is 0. The fourth-order valence-corrected chi connectivity index (χ4v) is 3.89. The molecule has 1 aliphatic heterocycles. The van der Waals surface area contributed by atoms with E-state index in [-0.39, 0.29) is 29.8 Å². The molecule has 1 aliphatic carbocycles. The van der Waals surface area contributed by atoms with Gasteiger partial charge in [-0.2, -0.15) is 5.26 Å². The Balaban J connectivity index is 1.67. The fourth-order valence-electron chi connectivity index (χ4n) is 3.67. The number of halogens is 1. The quantitative estimate of drug-likeness (QED) is 0.840. The van der Waals surface area contributed by atoms with Gasteiger partial charge in [0, 0.05) is 12.1 Å². The molecular formula is C18H18ClN3O3. The number of amides is 3. The van der Waals surface area contributed by atoms with Crippen LogP contribution in [0.5, 0.6) is 0 Å². The van der Waals surface area contributed by atoms with Gasteiger partial charge in [0.05, 0.1) is 16.0 Å². The smallest absolute Gasteiger partial charge is 0.244 e.